The molecule has 0 heterocycles. The molecular weight excluding hydrogens is 256 g/mol. The Morgan fingerprint density at radius 1 is 1.30 bits per heavy atom. The zero-order chi connectivity index (χ0) is 14.5. The van der Waals surface area contributed by atoms with Gasteiger partial charge in [-0.15, -0.1) is 0 Å². The Bertz CT molecular complexity index is 447. The first-order chi connectivity index (χ1) is 9.58. The molecule has 1 aromatic carbocycles. The molecule has 1 N–H and O–H groups in total. The van der Waals surface area contributed by atoms with Crippen LogP contribution in [0.3, 0.4) is 0 Å². The maximum absolute atomic E-state index is 10.6. The van der Waals surface area contributed by atoms with Crippen LogP contribution in [0.4, 0.5) is 5.69 Å². The predicted octanol–water partition coefficient (Wildman–Crippen LogP) is 2.37. The molecule has 0 aliphatic heterocycles. The first kappa shape index (κ1) is 14.9. The third kappa shape index (κ3) is 3.77. The van der Waals surface area contributed by atoms with Gasteiger partial charge >= 0.3 is 0 Å². The molecule has 0 spiro atoms. The summed E-state index contributed by atoms with van der Waals surface area (Å²) in [6.45, 7) is 0.861. The summed E-state index contributed by atoms with van der Waals surface area (Å²) in [7, 11) is 2.05. The molecule has 1 aromatic rings. The van der Waals surface area contributed by atoms with Crippen LogP contribution < -0.4 is 0 Å². The number of nitro groups is 1. The number of nitrogens with zero attached hydrogens (tertiary/aromatic N) is 2. The first-order valence-electron chi connectivity index (χ1n) is 7.19. The minimum Gasteiger partial charge on any atom is -0.391 e. The highest BCUT2D eigenvalue weighted by molar-refractivity contribution is 5.32. The van der Waals surface area contributed by atoms with Gasteiger partial charge in [0.05, 0.1) is 11.0 Å². The number of nitro benzene ring substituents is 1. The highest BCUT2D eigenvalue weighted by Gasteiger charge is 2.26. The van der Waals surface area contributed by atoms with Crippen molar-refractivity contribution in [2.75, 3.05) is 13.6 Å². The van der Waals surface area contributed by atoms with Crippen molar-refractivity contribution in [1.82, 2.24) is 4.90 Å². The standard InChI is InChI=1S/C15H22N2O3/c1-16(14-4-2-3-5-15(14)18)11-10-12-6-8-13(9-7-12)17(19)20/h6-9,14-15,18H,2-5,10-11H2,1H3. The smallest absolute Gasteiger partial charge is 0.269 e. The predicted molar refractivity (Wildman–Crippen MR) is 77.7 cm³/mol. The monoisotopic (exact) mass is 278 g/mol. The van der Waals surface area contributed by atoms with E-state index in [0.717, 1.165) is 37.8 Å². The lowest BCUT2D eigenvalue weighted by Gasteiger charge is -2.35. The topological polar surface area (TPSA) is 66.6 Å². The van der Waals surface area contributed by atoms with Crippen molar-refractivity contribution in [1.29, 1.82) is 0 Å². The summed E-state index contributed by atoms with van der Waals surface area (Å²) in [5.74, 6) is 0. The van der Waals surface area contributed by atoms with Gasteiger partial charge in [-0.05, 0) is 31.9 Å². The van der Waals surface area contributed by atoms with Gasteiger partial charge in [-0.2, -0.15) is 0 Å². The molecule has 2 atom stereocenters. The van der Waals surface area contributed by atoms with E-state index in [9.17, 15) is 15.2 Å². The second-order valence-electron chi connectivity index (χ2n) is 5.57. The number of hydrogen-bond donors (Lipinski definition) is 1. The largest absolute Gasteiger partial charge is 0.391 e. The molecule has 1 fully saturated rings. The minimum atomic E-state index is -0.381. The molecule has 5 heteroatoms. The Labute approximate surface area is 119 Å². The van der Waals surface area contributed by atoms with Gasteiger partial charge < -0.3 is 10.0 Å². The summed E-state index contributed by atoms with van der Waals surface area (Å²) < 4.78 is 0. The average Bonchev–Trinajstić information content (AvgIpc) is 2.45. The summed E-state index contributed by atoms with van der Waals surface area (Å²) in [6, 6.07) is 6.96. The highest BCUT2D eigenvalue weighted by Crippen LogP contribution is 2.22. The molecule has 0 saturated heterocycles. The van der Waals surface area contributed by atoms with Crippen LogP contribution in [0.5, 0.6) is 0 Å². The fraction of sp³-hybridized carbons (Fsp3) is 0.600. The Balaban J connectivity index is 1.86. The van der Waals surface area contributed by atoms with E-state index < -0.39 is 0 Å². The van der Waals surface area contributed by atoms with Gasteiger partial charge in [-0.1, -0.05) is 25.0 Å². The van der Waals surface area contributed by atoms with E-state index in [1.54, 1.807) is 12.1 Å². The van der Waals surface area contributed by atoms with Gasteiger partial charge in [0.15, 0.2) is 0 Å². The highest BCUT2D eigenvalue weighted by atomic mass is 16.6. The Hall–Kier alpha value is -1.46. The summed E-state index contributed by atoms with van der Waals surface area (Å²) in [5, 5.41) is 20.6. The molecule has 2 unspecified atom stereocenters. The fourth-order valence-corrected chi connectivity index (χ4v) is 2.86. The van der Waals surface area contributed by atoms with E-state index in [1.165, 1.54) is 6.42 Å². The average molecular weight is 278 g/mol. The van der Waals surface area contributed by atoms with Gasteiger partial charge in [-0.25, -0.2) is 0 Å². The minimum absolute atomic E-state index is 0.129. The number of aliphatic hydroxyl groups excluding tert-OH is 1. The van der Waals surface area contributed by atoms with Crippen molar-refractivity contribution in [2.24, 2.45) is 0 Å². The summed E-state index contributed by atoms with van der Waals surface area (Å²) in [4.78, 5) is 12.4. The maximum Gasteiger partial charge on any atom is 0.269 e. The lowest BCUT2D eigenvalue weighted by Crippen LogP contribution is -2.44. The van der Waals surface area contributed by atoms with Crippen LogP contribution in [0.15, 0.2) is 24.3 Å². The molecule has 5 nitrogen and oxygen atoms in total. The Morgan fingerprint density at radius 3 is 2.55 bits per heavy atom. The van der Waals surface area contributed by atoms with Crippen LogP contribution in [0.25, 0.3) is 0 Å². The lowest BCUT2D eigenvalue weighted by atomic mass is 9.91. The molecule has 1 aliphatic carbocycles. The van der Waals surface area contributed by atoms with E-state index in [4.69, 9.17) is 0 Å². The van der Waals surface area contributed by atoms with Crippen LogP contribution in [0.2, 0.25) is 0 Å². The van der Waals surface area contributed by atoms with E-state index in [2.05, 4.69) is 4.90 Å². The second-order valence-corrected chi connectivity index (χ2v) is 5.57. The third-order valence-corrected chi connectivity index (χ3v) is 4.16. The van der Waals surface area contributed by atoms with Crippen molar-refractivity contribution in [2.45, 2.75) is 44.2 Å². The Kier molecular flexibility index (Phi) is 5.09. The quantitative estimate of drug-likeness (QED) is 0.663. The van der Waals surface area contributed by atoms with Gasteiger partial charge in [0, 0.05) is 24.7 Å². The number of likely N-dealkylation sites (N-methyl/N-ethyl adjacent to an activating group) is 1. The van der Waals surface area contributed by atoms with Crippen molar-refractivity contribution in [3.8, 4) is 0 Å². The molecule has 20 heavy (non-hydrogen) atoms. The molecule has 0 amide bonds. The number of hydrogen-bond acceptors (Lipinski definition) is 4. The first-order valence-corrected chi connectivity index (χ1v) is 7.19. The Morgan fingerprint density at radius 2 is 1.95 bits per heavy atom. The normalized spacial score (nSPS) is 22.9. The van der Waals surface area contributed by atoms with Gasteiger partial charge in [0.2, 0.25) is 0 Å². The van der Waals surface area contributed by atoms with E-state index in [0.29, 0.717) is 0 Å². The maximum atomic E-state index is 10.6. The summed E-state index contributed by atoms with van der Waals surface area (Å²) in [6.07, 6.45) is 4.88. The summed E-state index contributed by atoms with van der Waals surface area (Å²) in [5.41, 5.74) is 1.22. The van der Waals surface area contributed by atoms with Crippen LogP contribution >= 0.6 is 0 Å². The van der Waals surface area contributed by atoms with E-state index >= 15 is 0 Å². The molecule has 110 valence electrons. The van der Waals surface area contributed by atoms with Gasteiger partial charge in [0.1, 0.15) is 0 Å². The number of benzene rings is 1. The molecule has 0 aromatic heterocycles. The number of non-ortho nitro benzene ring substituents is 1. The SMILES string of the molecule is CN(CCc1ccc([N+](=O)[O-])cc1)C1CCCCC1O. The molecule has 1 saturated carbocycles. The van der Waals surface area contributed by atoms with Crippen LogP contribution in [-0.2, 0) is 6.42 Å². The number of aliphatic hydroxyl groups is 1. The van der Waals surface area contributed by atoms with Crippen molar-refractivity contribution in [3.63, 3.8) is 0 Å². The van der Waals surface area contributed by atoms with Crippen LogP contribution in [0, 0.1) is 10.1 Å². The molecule has 0 bridgehead atoms. The zero-order valence-corrected chi connectivity index (χ0v) is 11.9. The van der Waals surface area contributed by atoms with Crippen molar-refractivity contribution in [3.05, 3.63) is 39.9 Å². The summed E-state index contributed by atoms with van der Waals surface area (Å²) >= 11 is 0. The number of rotatable bonds is 5. The molecular formula is C15H22N2O3. The van der Waals surface area contributed by atoms with Crippen molar-refractivity contribution < 1.29 is 10.0 Å². The van der Waals surface area contributed by atoms with Crippen molar-refractivity contribution >= 4 is 5.69 Å². The molecule has 0 radical (unpaired) electrons. The fourth-order valence-electron chi connectivity index (χ4n) is 2.86. The van der Waals surface area contributed by atoms with Crippen LogP contribution in [-0.4, -0.2) is 40.7 Å². The zero-order valence-electron chi connectivity index (χ0n) is 11.9. The lowest BCUT2D eigenvalue weighted by molar-refractivity contribution is -0.384. The van der Waals surface area contributed by atoms with E-state index in [-0.39, 0.29) is 22.8 Å². The van der Waals surface area contributed by atoms with E-state index in [1.807, 2.05) is 19.2 Å². The second kappa shape index (κ2) is 6.81. The molecule has 1 aliphatic rings. The van der Waals surface area contributed by atoms with Gasteiger partial charge in [-0.3, -0.25) is 10.1 Å². The third-order valence-electron chi connectivity index (χ3n) is 4.16. The van der Waals surface area contributed by atoms with Crippen LogP contribution in [0.1, 0.15) is 31.2 Å². The molecule has 2 rings (SSSR count). The van der Waals surface area contributed by atoms with Gasteiger partial charge in [0.25, 0.3) is 5.69 Å².